The summed E-state index contributed by atoms with van der Waals surface area (Å²) < 4.78 is 0. The molecule has 0 spiro atoms. The standard InChI is InChI=1S/C22H23N3O4/c1-15(16-7-3-2-4-8-16)23-22(29)17-9-5-6-10-18(17)24-19(26)13-14-25-20(27)11-12-21(25)28/h2-10,15H,11-14H2,1H3,(H,23,29)(H,24,26)/t15-/m1/s1. The van der Waals surface area contributed by atoms with E-state index in [2.05, 4.69) is 10.6 Å². The summed E-state index contributed by atoms with van der Waals surface area (Å²) in [6.07, 6.45) is 0.375. The van der Waals surface area contributed by atoms with Crippen LogP contribution in [0.25, 0.3) is 0 Å². The van der Waals surface area contributed by atoms with Crippen molar-refractivity contribution in [1.29, 1.82) is 0 Å². The zero-order chi connectivity index (χ0) is 20.8. The van der Waals surface area contributed by atoms with E-state index in [-0.39, 0.29) is 55.5 Å². The zero-order valence-electron chi connectivity index (χ0n) is 16.2. The number of amides is 4. The van der Waals surface area contributed by atoms with Crippen molar-refractivity contribution in [2.45, 2.75) is 32.2 Å². The smallest absolute Gasteiger partial charge is 0.253 e. The van der Waals surface area contributed by atoms with Crippen LogP contribution in [-0.2, 0) is 14.4 Å². The summed E-state index contributed by atoms with van der Waals surface area (Å²) in [6.45, 7) is 1.93. The molecule has 1 atom stereocenters. The Morgan fingerprint density at radius 1 is 0.966 bits per heavy atom. The number of nitrogens with one attached hydrogen (secondary N) is 2. The third kappa shape index (κ3) is 5.07. The number of carbonyl (C=O) groups excluding carboxylic acids is 4. The molecule has 1 aliphatic rings. The highest BCUT2D eigenvalue weighted by molar-refractivity contribution is 6.05. The van der Waals surface area contributed by atoms with Gasteiger partial charge in [0.05, 0.1) is 17.3 Å². The molecule has 7 nitrogen and oxygen atoms in total. The molecule has 3 rings (SSSR count). The van der Waals surface area contributed by atoms with E-state index in [0.29, 0.717) is 11.3 Å². The largest absolute Gasteiger partial charge is 0.345 e. The van der Waals surface area contributed by atoms with Crippen LogP contribution in [-0.4, -0.2) is 35.1 Å². The summed E-state index contributed by atoms with van der Waals surface area (Å²) in [4.78, 5) is 49.4. The highest BCUT2D eigenvalue weighted by Crippen LogP contribution is 2.19. The molecular weight excluding hydrogens is 370 g/mol. The Morgan fingerprint density at radius 3 is 2.28 bits per heavy atom. The molecule has 0 aromatic heterocycles. The predicted molar refractivity (Wildman–Crippen MR) is 108 cm³/mol. The number of rotatable bonds is 7. The van der Waals surface area contributed by atoms with Gasteiger partial charge >= 0.3 is 0 Å². The number of carbonyl (C=O) groups is 4. The zero-order valence-corrected chi connectivity index (χ0v) is 16.2. The average Bonchev–Trinajstić information content (AvgIpc) is 3.05. The van der Waals surface area contributed by atoms with Crippen LogP contribution in [0.5, 0.6) is 0 Å². The average molecular weight is 393 g/mol. The van der Waals surface area contributed by atoms with Gasteiger partial charge in [-0.25, -0.2) is 0 Å². The number of likely N-dealkylation sites (tertiary alicyclic amines) is 1. The van der Waals surface area contributed by atoms with E-state index >= 15 is 0 Å². The van der Waals surface area contributed by atoms with Crippen molar-refractivity contribution in [3.63, 3.8) is 0 Å². The molecule has 0 unspecified atom stereocenters. The maximum Gasteiger partial charge on any atom is 0.253 e. The monoisotopic (exact) mass is 393 g/mol. The maximum absolute atomic E-state index is 12.7. The second-order valence-electron chi connectivity index (χ2n) is 6.89. The number of nitrogens with zero attached hydrogens (tertiary/aromatic N) is 1. The first-order chi connectivity index (χ1) is 14.0. The molecule has 2 N–H and O–H groups in total. The molecular formula is C22H23N3O4. The molecule has 1 fully saturated rings. The number of benzene rings is 2. The van der Waals surface area contributed by atoms with Gasteiger partial charge in [0.1, 0.15) is 0 Å². The van der Waals surface area contributed by atoms with Gasteiger partial charge in [-0.3, -0.25) is 24.1 Å². The lowest BCUT2D eigenvalue weighted by atomic mass is 10.1. The highest BCUT2D eigenvalue weighted by atomic mass is 16.2. The van der Waals surface area contributed by atoms with Gasteiger partial charge in [0, 0.05) is 25.8 Å². The SMILES string of the molecule is C[C@@H](NC(=O)c1ccccc1NC(=O)CCN1C(=O)CCC1=O)c1ccccc1. The Bertz CT molecular complexity index is 911. The van der Waals surface area contributed by atoms with E-state index in [1.165, 1.54) is 0 Å². The summed E-state index contributed by atoms with van der Waals surface area (Å²) in [6, 6.07) is 16.1. The van der Waals surface area contributed by atoms with Crippen LogP contribution in [0, 0.1) is 0 Å². The van der Waals surface area contributed by atoms with Crippen molar-refractivity contribution in [2.75, 3.05) is 11.9 Å². The van der Waals surface area contributed by atoms with Crippen molar-refractivity contribution < 1.29 is 19.2 Å². The van der Waals surface area contributed by atoms with Crippen molar-refractivity contribution in [1.82, 2.24) is 10.2 Å². The highest BCUT2D eigenvalue weighted by Gasteiger charge is 2.28. The molecule has 2 aromatic carbocycles. The first-order valence-corrected chi connectivity index (χ1v) is 9.53. The lowest BCUT2D eigenvalue weighted by Crippen LogP contribution is -2.32. The summed E-state index contributed by atoms with van der Waals surface area (Å²) in [5.74, 6) is -1.18. The van der Waals surface area contributed by atoms with Crippen LogP contribution < -0.4 is 10.6 Å². The first-order valence-electron chi connectivity index (χ1n) is 9.53. The number of anilines is 1. The molecule has 150 valence electrons. The maximum atomic E-state index is 12.7. The Hall–Kier alpha value is -3.48. The molecule has 1 saturated heterocycles. The molecule has 0 radical (unpaired) electrons. The molecule has 0 saturated carbocycles. The molecule has 1 heterocycles. The van der Waals surface area contributed by atoms with E-state index < -0.39 is 0 Å². The summed E-state index contributed by atoms with van der Waals surface area (Å²) in [7, 11) is 0. The summed E-state index contributed by atoms with van der Waals surface area (Å²) in [5, 5.41) is 5.64. The Labute approximate surface area is 169 Å². The quantitative estimate of drug-likeness (QED) is 0.707. The van der Waals surface area contributed by atoms with Crippen LogP contribution in [0.2, 0.25) is 0 Å². The second-order valence-corrected chi connectivity index (χ2v) is 6.89. The van der Waals surface area contributed by atoms with E-state index in [1.807, 2.05) is 37.3 Å². The number of hydrogen-bond donors (Lipinski definition) is 2. The number of para-hydroxylation sites is 1. The third-order valence-electron chi connectivity index (χ3n) is 4.81. The molecule has 0 aliphatic carbocycles. The molecule has 1 aliphatic heterocycles. The summed E-state index contributed by atoms with van der Waals surface area (Å²) >= 11 is 0. The lowest BCUT2D eigenvalue weighted by Gasteiger charge is -2.17. The van der Waals surface area contributed by atoms with Gasteiger partial charge in [-0.05, 0) is 24.6 Å². The molecule has 7 heteroatoms. The van der Waals surface area contributed by atoms with E-state index in [1.54, 1.807) is 24.3 Å². The van der Waals surface area contributed by atoms with Gasteiger partial charge in [0.25, 0.3) is 5.91 Å². The molecule has 29 heavy (non-hydrogen) atoms. The fourth-order valence-electron chi connectivity index (χ4n) is 3.19. The van der Waals surface area contributed by atoms with Gasteiger partial charge in [-0.15, -0.1) is 0 Å². The molecule has 4 amide bonds. The van der Waals surface area contributed by atoms with Gasteiger partial charge in [-0.2, -0.15) is 0 Å². The van der Waals surface area contributed by atoms with Crippen LogP contribution in [0.1, 0.15) is 48.1 Å². The van der Waals surface area contributed by atoms with E-state index in [9.17, 15) is 19.2 Å². The predicted octanol–water partition coefficient (Wildman–Crippen LogP) is 2.66. The van der Waals surface area contributed by atoms with Crippen molar-refractivity contribution in [3.05, 3.63) is 65.7 Å². The van der Waals surface area contributed by atoms with Gasteiger partial charge < -0.3 is 10.6 Å². The minimum Gasteiger partial charge on any atom is -0.345 e. The van der Waals surface area contributed by atoms with Crippen LogP contribution in [0.4, 0.5) is 5.69 Å². The minimum atomic E-state index is -0.367. The molecule has 2 aromatic rings. The topological polar surface area (TPSA) is 95.6 Å². The molecule has 0 bridgehead atoms. The number of imide groups is 1. The van der Waals surface area contributed by atoms with E-state index in [4.69, 9.17) is 0 Å². The fraction of sp³-hybridized carbons (Fsp3) is 0.273. The second kappa shape index (κ2) is 9.14. The first kappa shape index (κ1) is 20.3. The van der Waals surface area contributed by atoms with Crippen molar-refractivity contribution in [3.8, 4) is 0 Å². The Kier molecular flexibility index (Phi) is 6.39. The van der Waals surface area contributed by atoms with Gasteiger partial charge in [0.15, 0.2) is 0 Å². The van der Waals surface area contributed by atoms with Crippen molar-refractivity contribution in [2.24, 2.45) is 0 Å². The fourth-order valence-corrected chi connectivity index (χ4v) is 3.19. The van der Waals surface area contributed by atoms with Gasteiger partial charge in [-0.1, -0.05) is 42.5 Å². The van der Waals surface area contributed by atoms with Crippen molar-refractivity contribution >= 4 is 29.3 Å². The normalized spacial score (nSPS) is 14.6. The minimum absolute atomic E-state index is 0.0200. The van der Waals surface area contributed by atoms with E-state index in [0.717, 1.165) is 10.5 Å². The Morgan fingerprint density at radius 2 is 1.59 bits per heavy atom. The third-order valence-corrected chi connectivity index (χ3v) is 4.81. The summed E-state index contributed by atoms with van der Waals surface area (Å²) in [5.41, 5.74) is 1.70. The van der Waals surface area contributed by atoms with Crippen LogP contribution in [0.3, 0.4) is 0 Å². The van der Waals surface area contributed by atoms with Crippen LogP contribution in [0.15, 0.2) is 54.6 Å². The van der Waals surface area contributed by atoms with Crippen LogP contribution >= 0.6 is 0 Å². The van der Waals surface area contributed by atoms with Gasteiger partial charge in [0.2, 0.25) is 17.7 Å². The number of hydrogen-bond acceptors (Lipinski definition) is 4. The lowest BCUT2D eigenvalue weighted by molar-refractivity contribution is -0.138. The Balaban J connectivity index is 1.62.